The largest absolute Gasteiger partial charge is 0.416 e. The molecule has 1 amide bonds. The number of piperidine rings is 1. The maximum absolute atomic E-state index is 14.6. The van der Waals surface area contributed by atoms with Gasteiger partial charge in [-0.2, -0.15) is 13.2 Å². The number of benzene rings is 4. The number of carbonyl (C=O) groups excluding carboxylic acids is 1. The molecule has 1 aliphatic heterocycles. The maximum Gasteiger partial charge on any atom is 0.416 e. The Labute approximate surface area is 319 Å². The quantitative estimate of drug-likeness (QED) is 0.0922. The molecule has 0 aliphatic carbocycles. The van der Waals surface area contributed by atoms with Crippen molar-refractivity contribution in [2.24, 2.45) is 0 Å². The SMILES string of the molecule is O=C(Cn1c(SCc2cccc(F)c2F)cc(=O)c2ccccc21)N(Cc1ccc(-c2ccc(C(F)(F)F)cc2)cc1)C1CCN(CCn2ccnc2)CC1. The molecule has 0 saturated carbocycles. The third-order valence-corrected chi connectivity index (χ3v) is 11.2. The van der Waals surface area contributed by atoms with E-state index < -0.39 is 23.4 Å². The highest BCUT2D eigenvalue weighted by atomic mass is 32.2. The lowest BCUT2D eigenvalue weighted by Gasteiger charge is -2.39. The maximum atomic E-state index is 14.6. The summed E-state index contributed by atoms with van der Waals surface area (Å²) in [7, 11) is 0. The van der Waals surface area contributed by atoms with Gasteiger partial charge >= 0.3 is 6.18 Å². The summed E-state index contributed by atoms with van der Waals surface area (Å²) >= 11 is 1.16. The molecule has 1 fully saturated rings. The molecule has 4 aromatic carbocycles. The summed E-state index contributed by atoms with van der Waals surface area (Å²) in [6.45, 7) is 3.42. The lowest BCUT2D eigenvalue weighted by molar-refractivity contribution is -0.137. The molecule has 3 heterocycles. The Morgan fingerprint density at radius 3 is 2.27 bits per heavy atom. The Morgan fingerprint density at radius 2 is 1.58 bits per heavy atom. The van der Waals surface area contributed by atoms with Crippen molar-refractivity contribution in [2.75, 3.05) is 19.6 Å². The highest BCUT2D eigenvalue weighted by Crippen LogP contribution is 2.32. The van der Waals surface area contributed by atoms with Crippen LogP contribution in [0.3, 0.4) is 0 Å². The standard InChI is InChI=1S/C42H38F5N5O2S/c43-36-6-3-4-32(41(36)44)27-55-40-24-38(53)35-5-1-2-7-37(35)52(40)26-39(54)51(34-16-19-49(20-17-34)22-23-50-21-18-48-28-50)25-29-8-10-30(11-9-29)31-12-14-33(15-13-31)42(45,46)47/h1-15,18,21,24,28,34H,16-17,19-20,22-23,25-27H2. The minimum absolute atomic E-state index is 0.0437. The highest BCUT2D eigenvalue weighted by molar-refractivity contribution is 7.98. The molecule has 2 aromatic heterocycles. The van der Waals surface area contributed by atoms with Crippen LogP contribution in [0.25, 0.3) is 22.0 Å². The van der Waals surface area contributed by atoms with E-state index >= 15 is 0 Å². The van der Waals surface area contributed by atoms with Crippen LogP contribution in [0.1, 0.15) is 29.5 Å². The molecule has 0 atom stereocenters. The smallest absolute Gasteiger partial charge is 0.336 e. The zero-order valence-corrected chi connectivity index (χ0v) is 30.6. The van der Waals surface area contributed by atoms with E-state index in [0.29, 0.717) is 28.0 Å². The van der Waals surface area contributed by atoms with Crippen molar-refractivity contribution in [3.8, 4) is 11.1 Å². The van der Waals surface area contributed by atoms with Crippen LogP contribution < -0.4 is 5.43 Å². The predicted molar refractivity (Wildman–Crippen MR) is 203 cm³/mol. The highest BCUT2D eigenvalue weighted by Gasteiger charge is 2.31. The fourth-order valence-corrected chi connectivity index (χ4v) is 8.06. The molecule has 0 N–H and O–H groups in total. The molecule has 1 saturated heterocycles. The Hall–Kier alpha value is -5.27. The first-order chi connectivity index (χ1) is 26.5. The van der Waals surface area contributed by atoms with Crippen molar-refractivity contribution in [1.29, 1.82) is 0 Å². The van der Waals surface area contributed by atoms with E-state index in [-0.39, 0.29) is 35.2 Å². The van der Waals surface area contributed by atoms with Gasteiger partial charge in [-0.1, -0.05) is 60.7 Å². The summed E-state index contributed by atoms with van der Waals surface area (Å²) in [4.78, 5) is 36.2. The van der Waals surface area contributed by atoms with Crippen LogP contribution >= 0.6 is 11.8 Å². The number of carbonyl (C=O) groups is 1. The molecule has 7 nitrogen and oxygen atoms in total. The summed E-state index contributed by atoms with van der Waals surface area (Å²) in [5, 5.41) is 0.893. The number of fused-ring (bicyclic) bond motifs is 1. The van der Waals surface area contributed by atoms with Crippen molar-refractivity contribution in [3.63, 3.8) is 0 Å². The molecule has 13 heteroatoms. The number of pyridine rings is 1. The number of para-hydroxylation sites is 1. The van der Waals surface area contributed by atoms with Crippen LogP contribution in [-0.2, 0) is 36.4 Å². The molecule has 0 spiro atoms. The number of nitrogens with zero attached hydrogens (tertiary/aromatic N) is 5. The molecular weight excluding hydrogens is 734 g/mol. The number of aromatic nitrogens is 3. The van der Waals surface area contributed by atoms with Gasteiger partial charge in [-0.3, -0.25) is 9.59 Å². The van der Waals surface area contributed by atoms with Gasteiger partial charge in [0.1, 0.15) is 6.54 Å². The number of hydrogen-bond acceptors (Lipinski definition) is 5. The first-order valence-corrected chi connectivity index (χ1v) is 18.9. The van der Waals surface area contributed by atoms with E-state index in [4.69, 9.17) is 0 Å². The van der Waals surface area contributed by atoms with Gasteiger partial charge in [0.2, 0.25) is 5.91 Å². The Balaban J connectivity index is 1.15. The van der Waals surface area contributed by atoms with Crippen molar-refractivity contribution >= 4 is 28.6 Å². The van der Waals surface area contributed by atoms with E-state index in [2.05, 4.69) is 9.88 Å². The summed E-state index contributed by atoms with van der Waals surface area (Å²) in [5.41, 5.74) is 1.99. The van der Waals surface area contributed by atoms with Crippen LogP contribution in [0.4, 0.5) is 22.0 Å². The van der Waals surface area contributed by atoms with Gasteiger partial charge in [-0.25, -0.2) is 13.8 Å². The Bertz CT molecular complexity index is 2300. The molecule has 0 unspecified atom stereocenters. The van der Waals surface area contributed by atoms with Gasteiger partial charge in [0.25, 0.3) is 0 Å². The number of imidazole rings is 1. The lowest BCUT2D eigenvalue weighted by Crippen LogP contribution is -2.48. The molecule has 0 bridgehead atoms. The summed E-state index contributed by atoms with van der Waals surface area (Å²) in [5.74, 6) is -2.04. The van der Waals surface area contributed by atoms with Crippen molar-refractivity contribution in [1.82, 2.24) is 23.9 Å². The second kappa shape index (κ2) is 16.6. The van der Waals surface area contributed by atoms with Crippen LogP contribution in [0.15, 0.2) is 126 Å². The minimum Gasteiger partial charge on any atom is -0.336 e. The fraction of sp³-hybridized carbons (Fsp3) is 0.262. The number of hydrogen-bond donors (Lipinski definition) is 0. The third kappa shape index (κ3) is 9.00. The fourth-order valence-electron chi connectivity index (χ4n) is 7.03. The first-order valence-electron chi connectivity index (χ1n) is 18.0. The number of thioether (sulfide) groups is 1. The molecular formula is C42H38F5N5O2S. The number of alkyl halides is 3. The van der Waals surface area contributed by atoms with E-state index in [1.54, 1.807) is 41.4 Å². The average molecular weight is 772 g/mol. The zero-order valence-electron chi connectivity index (χ0n) is 29.8. The van der Waals surface area contributed by atoms with Gasteiger partial charge in [0.05, 0.1) is 22.4 Å². The normalized spacial score (nSPS) is 14.1. The number of rotatable bonds is 12. The van der Waals surface area contributed by atoms with Gasteiger partial charge in [-0.05, 0) is 59.9 Å². The molecule has 0 radical (unpaired) electrons. The van der Waals surface area contributed by atoms with Crippen molar-refractivity contribution < 1.29 is 26.7 Å². The van der Waals surface area contributed by atoms with E-state index in [1.165, 1.54) is 30.3 Å². The van der Waals surface area contributed by atoms with Crippen molar-refractivity contribution in [3.05, 3.63) is 154 Å². The second-order valence-electron chi connectivity index (χ2n) is 13.6. The topological polar surface area (TPSA) is 63.4 Å². The molecule has 7 rings (SSSR count). The van der Waals surface area contributed by atoms with Gasteiger partial charge in [-0.15, -0.1) is 11.8 Å². The van der Waals surface area contributed by atoms with Crippen molar-refractivity contribution in [2.45, 2.75) is 55.5 Å². The van der Waals surface area contributed by atoms with E-state index in [1.807, 2.05) is 39.9 Å². The van der Waals surface area contributed by atoms with E-state index in [0.717, 1.165) is 80.1 Å². The van der Waals surface area contributed by atoms with Gasteiger partial charge in [0.15, 0.2) is 17.1 Å². The zero-order chi connectivity index (χ0) is 38.5. The first kappa shape index (κ1) is 38.0. The number of halogens is 5. The summed E-state index contributed by atoms with van der Waals surface area (Å²) in [6.07, 6.45) is 2.53. The van der Waals surface area contributed by atoms with E-state index in [9.17, 15) is 31.5 Å². The summed E-state index contributed by atoms with van der Waals surface area (Å²) in [6, 6.07) is 24.8. The van der Waals surface area contributed by atoms with Gasteiger partial charge < -0.3 is 18.9 Å². The Kier molecular flexibility index (Phi) is 11.5. The molecule has 55 heavy (non-hydrogen) atoms. The molecule has 6 aromatic rings. The van der Waals surface area contributed by atoms with Gasteiger partial charge in [0, 0.05) is 73.9 Å². The van der Waals surface area contributed by atoms with Crippen LogP contribution in [0.2, 0.25) is 0 Å². The monoisotopic (exact) mass is 771 g/mol. The third-order valence-electron chi connectivity index (χ3n) is 10.1. The van der Waals surface area contributed by atoms with Crippen LogP contribution in [-0.4, -0.2) is 55.5 Å². The predicted octanol–water partition coefficient (Wildman–Crippen LogP) is 8.65. The number of amides is 1. The van der Waals surface area contributed by atoms with Crippen LogP contribution in [0.5, 0.6) is 0 Å². The molecule has 1 aliphatic rings. The number of likely N-dealkylation sites (tertiary alicyclic amines) is 1. The summed E-state index contributed by atoms with van der Waals surface area (Å²) < 4.78 is 71.9. The second-order valence-corrected chi connectivity index (χ2v) is 14.6. The van der Waals surface area contributed by atoms with Crippen LogP contribution in [0, 0.1) is 11.6 Å². The minimum atomic E-state index is -4.42. The average Bonchev–Trinajstić information content (AvgIpc) is 3.72. The molecule has 284 valence electrons. The lowest BCUT2D eigenvalue weighted by atomic mass is 10.00. The Morgan fingerprint density at radius 1 is 0.873 bits per heavy atom.